The van der Waals surface area contributed by atoms with Crippen LogP contribution < -0.4 is 4.90 Å². The van der Waals surface area contributed by atoms with Crippen LogP contribution in [0.25, 0.3) is 77.2 Å². The van der Waals surface area contributed by atoms with Gasteiger partial charge in [-0.3, -0.25) is 0 Å². The molecule has 10 aromatic rings. The molecular formula is C58H43NO. The fourth-order valence-corrected chi connectivity index (χ4v) is 10.6. The van der Waals surface area contributed by atoms with E-state index in [1.165, 1.54) is 66.4 Å². The standard InChI is InChI=1S/C58H43NO/c1-57(2)48-21-12-10-19-43(48)45-31-29-40(34-50(45)57)59(41-30-32-46-44-20-11-13-22-49(44)58(3,4)51(46)35-41)52-23-14-24-53-55(52)47-33-39-17-8-9-18-42(39)54(56(47)60-53)38-27-25-37(26-28-38)36-15-6-5-7-16-36/h5-35H,1-4H3. The van der Waals surface area contributed by atoms with Crippen molar-refractivity contribution in [3.8, 4) is 44.5 Å². The third-order valence-electron chi connectivity index (χ3n) is 13.7. The molecule has 0 amide bonds. The van der Waals surface area contributed by atoms with Crippen LogP contribution in [0.5, 0.6) is 0 Å². The number of anilines is 3. The van der Waals surface area contributed by atoms with Gasteiger partial charge in [-0.15, -0.1) is 0 Å². The zero-order valence-corrected chi connectivity index (χ0v) is 34.3. The second-order valence-corrected chi connectivity index (χ2v) is 17.7. The highest BCUT2D eigenvalue weighted by atomic mass is 16.3. The van der Waals surface area contributed by atoms with E-state index in [0.717, 1.165) is 50.1 Å². The summed E-state index contributed by atoms with van der Waals surface area (Å²) in [5, 5.41) is 4.57. The van der Waals surface area contributed by atoms with E-state index in [0.29, 0.717) is 0 Å². The Kier molecular flexibility index (Phi) is 7.36. The maximum Gasteiger partial charge on any atom is 0.143 e. The molecule has 0 bridgehead atoms. The van der Waals surface area contributed by atoms with Crippen LogP contribution in [0.3, 0.4) is 0 Å². The van der Waals surface area contributed by atoms with Gasteiger partial charge in [0.15, 0.2) is 0 Å². The van der Waals surface area contributed by atoms with Crippen molar-refractivity contribution in [2.24, 2.45) is 0 Å². The molecule has 0 aliphatic heterocycles. The van der Waals surface area contributed by atoms with Crippen LogP contribution in [-0.2, 0) is 10.8 Å². The number of nitrogens with zero attached hydrogens (tertiary/aromatic N) is 1. The van der Waals surface area contributed by atoms with E-state index in [1.807, 2.05) is 0 Å². The van der Waals surface area contributed by atoms with Crippen LogP contribution in [0.4, 0.5) is 17.1 Å². The minimum absolute atomic E-state index is 0.145. The fourth-order valence-electron chi connectivity index (χ4n) is 10.6. The topological polar surface area (TPSA) is 16.4 Å². The summed E-state index contributed by atoms with van der Waals surface area (Å²) in [6, 6.07) is 69.2. The van der Waals surface area contributed by atoms with E-state index in [4.69, 9.17) is 4.42 Å². The lowest BCUT2D eigenvalue weighted by molar-refractivity contribution is 0.660. The quantitative estimate of drug-likeness (QED) is 0.173. The first-order valence-electron chi connectivity index (χ1n) is 21.1. The van der Waals surface area contributed by atoms with Gasteiger partial charge in [-0.1, -0.05) is 173 Å². The van der Waals surface area contributed by atoms with Crippen LogP contribution in [0, 0.1) is 0 Å². The predicted molar refractivity (Wildman–Crippen MR) is 252 cm³/mol. The molecule has 0 saturated carbocycles. The van der Waals surface area contributed by atoms with E-state index in [9.17, 15) is 0 Å². The van der Waals surface area contributed by atoms with Crippen molar-refractivity contribution in [3.05, 3.63) is 210 Å². The highest BCUT2D eigenvalue weighted by Crippen LogP contribution is 2.54. The van der Waals surface area contributed by atoms with Gasteiger partial charge >= 0.3 is 0 Å². The molecule has 2 aliphatic carbocycles. The lowest BCUT2D eigenvalue weighted by Crippen LogP contribution is -2.18. The second-order valence-electron chi connectivity index (χ2n) is 17.7. The molecule has 9 aromatic carbocycles. The van der Waals surface area contributed by atoms with Crippen molar-refractivity contribution in [2.45, 2.75) is 38.5 Å². The highest BCUT2D eigenvalue weighted by Gasteiger charge is 2.38. The summed E-state index contributed by atoms with van der Waals surface area (Å²) in [4.78, 5) is 2.49. The van der Waals surface area contributed by atoms with E-state index in [2.05, 4.69) is 221 Å². The Labute approximate surface area is 351 Å². The summed E-state index contributed by atoms with van der Waals surface area (Å²) < 4.78 is 7.10. The second kappa shape index (κ2) is 12.7. The Balaban J connectivity index is 1.11. The van der Waals surface area contributed by atoms with E-state index in [-0.39, 0.29) is 10.8 Å². The smallest absolute Gasteiger partial charge is 0.143 e. The number of fused-ring (bicyclic) bond motifs is 10. The molecule has 2 aliphatic rings. The van der Waals surface area contributed by atoms with Crippen molar-refractivity contribution >= 4 is 49.8 Å². The fraction of sp³-hybridized carbons (Fsp3) is 0.103. The summed E-state index contributed by atoms with van der Waals surface area (Å²) in [6.07, 6.45) is 0. The normalized spacial score (nSPS) is 14.3. The van der Waals surface area contributed by atoms with Crippen molar-refractivity contribution < 1.29 is 4.42 Å². The summed E-state index contributed by atoms with van der Waals surface area (Å²) >= 11 is 0. The molecule has 60 heavy (non-hydrogen) atoms. The van der Waals surface area contributed by atoms with Gasteiger partial charge in [-0.2, -0.15) is 0 Å². The molecule has 1 aromatic heterocycles. The zero-order valence-electron chi connectivity index (χ0n) is 34.3. The highest BCUT2D eigenvalue weighted by molar-refractivity contribution is 6.22. The van der Waals surface area contributed by atoms with Gasteiger partial charge in [0.2, 0.25) is 0 Å². The molecule has 0 spiro atoms. The molecule has 1 heterocycles. The molecule has 0 saturated heterocycles. The van der Waals surface area contributed by atoms with Gasteiger partial charge in [0.25, 0.3) is 0 Å². The van der Waals surface area contributed by atoms with Crippen molar-refractivity contribution in [1.29, 1.82) is 0 Å². The van der Waals surface area contributed by atoms with Crippen molar-refractivity contribution in [3.63, 3.8) is 0 Å². The van der Waals surface area contributed by atoms with Gasteiger partial charge in [0.05, 0.1) is 11.1 Å². The summed E-state index contributed by atoms with van der Waals surface area (Å²) in [7, 11) is 0. The number of benzene rings is 9. The van der Waals surface area contributed by atoms with Crippen LogP contribution in [0.1, 0.15) is 49.9 Å². The molecule has 0 atom stereocenters. The molecule has 0 unspecified atom stereocenters. The molecule has 2 heteroatoms. The SMILES string of the molecule is CC1(C)c2ccccc2-c2ccc(N(c3ccc4c(c3)C(C)(C)c3ccccc3-4)c3cccc4oc5c(-c6ccc(-c7ccccc7)cc6)c6ccccc6cc5c34)cc21. The Hall–Kier alpha value is -7.16. The Bertz CT molecular complexity index is 3260. The number of rotatable bonds is 5. The molecule has 0 N–H and O–H groups in total. The van der Waals surface area contributed by atoms with Crippen LogP contribution in [0.15, 0.2) is 192 Å². The van der Waals surface area contributed by atoms with E-state index in [1.54, 1.807) is 0 Å². The van der Waals surface area contributed by atoms with Gasteiger partial charge in [0, 0.05) is 33.2 Å². The van der Waals surface area contributed by atoms with Crippen LogP contribution >= 0.6 is 0 Å². The number of furan rings is 1. The molecule has 0 fully saturated rings. The third-order valence-corrected chi connectivity index (χ3v) is 13.7. The summed E-state index contributed by atoms with van der Waals surface area (Å²) in [6.45, 7) is 9.46. The monoisotopic (exact) mass is 769 g/mol. The zero-order chi connectivity index (χ0) is 40.3. The lowest BCUT2D eigenvalue weighted by Gasteiger charge is -2.30. The average molecular weight is 770 g/mol. The largest absolute Gasteiger partial charge is 0.455 e. The Morgan fingerprint density at radius 2 is 0.933 bits per heavy atom. The minimum atomic E-state index is -0.145. The maximum atomic E-state index is 7.10. The summed E-state index contributed by atoms with van der Waals surface area (Å²) in [5.74, 6) is 0. The predicted octanol–water partition coefficient (Wildman–Crippen LogP) is 16.2. The van der Waals surface area contributed by atoms with E-state index < -0.39 is 0 Å². The van der Waals surface area contributed by atoms with Gasteiger partial charge in [-0.05, 0) is 114 Å². The average Bonchev–Trinajstić information content (AvgIpc) is 3.85. The molecular weight excluding hydrogens is 727 g/mol. The first-order chi connectivity index (χ1) is 29.3. The van der Waals surface area contributed by atoms with Gasteiger partial charge < -0.3 is 9.32 Å². The lowest BCUT2D eigenvalue weighted by atomic mass is 9.82. The van der Waals surface area contributed by atoms with Crippen molar-refractivity contribution in [1.82, 2.24) is 0 Å². The van der Waals surface area contributed by atoms with E-state index >= 15 is 0 Å². The Morgan fingerprint density at radius 3 is 1.58 bits per heavy atom. The first kappa shape index (κ1) is 34.8. The molecule has 286 valence electrons. The van der Waals surface area contributed by atoms with Gasteiger partial charge in [-0.25, -0.2) is 0 Å². The Morgan fingerprint density at radius 1 is 0.400 bits per heavy atom. The van der Waals surface area contributed by atoms with Crippen LogP contribution in [0.2, 0.25) is 0 Å². The van der Waals surface area contributed by atoms with Crippen molar-refractivity contribution in [2.75, 3.05) is 4.90 Å². The molecule has 2 nitrogen and oxygen atoms in total. The van der Waals surface area contributed by atoms with Crippen LogP contribution in [-0.4, -0.2) is 0 Å². The molecule has 0 radical (unpaired) electrons. The maximum absolute atomic E-state index is 7.10. The minimum Gasteiger partial charge on any atom is -0.455 e. The summed E-state index contributed by atoms with van der Waals surface area (Å²) in [5.41, 5.74) is 20.2. The number of hydrogen-bond donors (Lipinski definition) is 0. The first-order valence-corrected chi connectivity index (χ1v) is 21.1. The number of hydrogen-bond acceptors (Lipinski definition) is 2. The third kappa shape index (κ3) is 4.94. The van der Waals surface area contributed by atoms with Gasteiger partial charge in [0.1, 0.15) is 11.2 Å². The molecule has 12 rings (SSSR count).